The summed E-state index contributed by atoms with van der Waals surface area (Å²) in [5.74, 6) is 1.67. The monoisotopic (exact) mass is 596 g/mol. The second-order valence-corrected chi connectivity index (χ2v) is 11.2. The topological polar surface area (TPSA) is 119 Å². The molecule has 45 heavy (non-hydrogen) atoms. The van der Waals surface area contributed by atoms with E-state index in [0.717, 1.165) is 66.1 Å². The first kappa shape index (κ1) is 28.2. The van der Waals surface area contributed by atoms with E-state index in [1.165, 1.54) is 11.6 Å². The molecular formula is C36H32N6O3. The summed E-state index contributed by atoms with van der Waals surface area (Å²) in [5, 5.41) is 9.76. The maximum absolute atomic E-state index is 11.2. The number of carbonyl (C=O) groups is 1. The molecule has 0 atom stereocenters. The van der Waals surface area contributed by atoms with Crippen LogP contribution in [0.15, 0.2) is 103 Å². The Hall–Kier alpha value is -5.54. The minimum absolute atomic E-state index is 0.0370. The number of piperidine rings is 1. The van der Waals surface area contributed by atoms with E-state index < -0.39 is 0 Å². The van der Waals surface area contributed by atoms with Crippen molar-refractivity contribution in [3.8, 4) is 39.8 Å². The first-order valence-corrected chi connectivity index (χ1v) is 15.0. The first-order valence-electron chi connectivity index (χ1n) is 15.0. The van der Waals surface area contributed by atoms with Crippen LogP contribution in [0.3, 0.4) is 0 Å². The Morgan fingerprint density at radius 2 is 1.71 bits per heavy atom. The largest absolute Gasteiger partial charge is 0.507 e. The molecule has 9 nitrogen and oxygen atoms in total. The fraction of sp³-hybridized carbons (Fsp3) is 0.167. The van der Waals surface area contributed by atoms with Gasteiger partial charge in [0.1, 0.15) is 28.9 Å². The van der Waals surface area contributed by atoms with E-state index in [1.807, 2.05) is 42.5 Å². The van der Waals surface area contributed by atoms with Gasteiger partial charge in [0.25, 0.3) is 0 Å². The second kappa shape index (κ2) is 12.2. The Bertz CT molecular complexity index is 1970. The normalized spacial score (nSPS) is 14.0. The summed E-state index contributed by atoms with van der Waals surface area (Å²) >= 11 is 0. The van der Waals surface area contributed by atoms with Gasteiger partial charge in [-0.1, -0.05) is 42.5 Å². The van der Waals surface area contributed by atoms with Crippen molar-refractivity contribution in [2.24, 2.45) is 0 Å². The van der Waals surface area contributed by atoms with E-state index in [-0.39, 0.29) is 17.4 Å². The molecule has 9 heteroatoms. The van der Waals surface area contributed by atoms with Gasteiger partial charge in [-0.15, -0.1) is 0 Å². The van der Waals surface area contributed by atoms with Crippen molar-refractivity contribution in [2.45, 2.75) is 25.5 Å². The van der Waals surface area contributed by atoms with Gasteiger partial charge in [0.05, 0.1) is 16.8 Å². The lowest BCUT2D eigenvalue weighted by Gasteiger charge is -2.32. The number of aldehydes is 1. The van der Waals surface area contributed by atoms with Gasteiger partial charge in [-0.25, -0.2) is 15.0 Å². The lowest BCUT2D eigenvalue weighted by atomic mass is 10.1. The molecule has 0 saturated carbocycles. The molecule has 4 heterocycles. The Labute approximate surface area is 260 Å². The number of anilines is 1. The summed E-state index contributed by atoms with van der Waals surface area (Å²) in [5.41, 5.74) is 12.9. The van der Waals surface area contributed by atoms with Crippen molar-refractivity contribution >= 4 is 23.3 Å². The minimum atomic E-state index is -0.0370. The molecule has 7 rings (SSSR count). The molecule has 0 aliphatic carbocycles. The number of ether oxygens (including phenoxy) is 1. The van der Waals surface area contributed by atoms with Crippen LogP contribution in [0.25, 0.3) is 39.5 Å². The number of nitrogens with two attached hydrogens (primary N) is 1. The van der Waals surface area contributed by atoms with E-state index in [1.54, 1.807) is 18.3 Å². The number of fused-ring (bicyclic) bond motifs is 1. The number of benzene rings is 3. The van der Waals surface area contributed by atoms with Crippen molar-refractivity contribution in [1.82, 2.24) is 24.4 Å². The van der Waals surface area contributed by atoms with E-state index in [4.69, 9.17) is 20.4 Å². The number of aromatic nitrogens is 4. The maximum atomic E-state index is 11.2. The summed E-state index contributed by atoms with van der Waals surface area (Å²) in [4.78, 5) is 27.9. The third kappa shape index (κ3) is 5.85. The number of phenols is 1. The van der Waals surface area contributed by atoms with Gasteiger partial charge in [0, 0.05) is 37.1 Å². The average Bonchev–Trinajstić information content (AvgIpc) is 3.46. The molecule has 0 unspecified atom stereocenters. The quantitative estimate of drug-likeness (QED) is 0.197. The highest BCUT2D eigenvalue weighted by Gasteiger charge is 2.22. The van der Waals surface area contributed by atoms with Crippen LogP contribution in [0.1, 0.15) is 28.8 Å². The summed E-state index contributed by atoms with van der Waals surface area (Å²) in [6.07, 6.45) is 4.13. The number of aromatic hydroxyl groups is 1. The highest BCUT2D eigenvalue weighted by molar-refractivity contribution is 5.84. The van der Waals surface area contributed by atoms with E-state index in [0.29, 0.717) is 23.7 Å². The lowest BCUT2D eigenvalue weighted by Crippen LogP contribution is -2.37. The number of carbonyl (C=O) groups excluding carboxylic acids is 1. The van der Waals surface area contributed by atoms with Crippen LogP contribution in [0.5, 0.6) is 11.5 Å². The molecule has 0 bridgehead atoms. The number of nitrogens with zero attached hydrogens (tertiary/aromatic N) is 5. The zero-order chi connectivity index (χ0) is 30.8. The van der Waals surface area contributed by atoms with E-state index in [9.17, 15) is 9.90 Å². The molecule has 1 saturated heterocycles. The number of rotatable bonds is 8. The smallest absolute Gasteiger partial charge is 0.165 e. The molecule has 0 amide bonds. The van der Waals surface area contributed by atoms with Gasteiger partial charge in [0.2, 0.25) is 0 Å². The molecule has 3 aromatic carbocycles. The summed E-state index contributed by atoms with van der Waals surface area (Å²) in [6, 6.07) is 31.2. The summed E-state index contributed by atoms with van der Waals surface area (Å²) in [7, 11) is 0. The Kier molecular flexibility index (Phi) is 7.67. The van der Waals surface area contributed by atoms with Crippen LogP contribution in [0.4, 0.5) is 5.82 Å². The molecule has 3 aromatic heterocycles. The standard InChI is InChI=1S/C36H32N6O3/c37-34-30(7-4-18-38-34)35-40-32-14-13-31(25-5-2-1-3-6-25)39-36(32)42(35)27-10-8-24(9-11-27)22-41-19-16-28(17-20-41)45-29-12-15-33(44)26(21-29)23-43/h1-15,18,21,23,28,44H,16-17,19-20,22H2,(H2,37,38). The number of hydrogen-bond acceptors (Lipinski definition) is 8. The predicted octanol–water partition coefficient (Wildman–Crippen LogP) is 6.29. The van der Waals surface area contributed by atoms with Gasteiger partial charge in [-0.3, -0.25) is 14.3 Å². The van der Waals surface area contributed by atoms with Crippen LogP contribution in [0, 0.1) is 0 Å². The van der Waals surface area contributed by atoms with Crippen LogP contribution in [0.2, 0.25) is 0 Å². The molecular weight excluding hydrogens is 564 g/mol. The van der Waals surface area contributed by atoms with Crippen molar-refractivity contribution in [1.29, 1.82) is 0 Å². The SMILES string of the molecule is Nc1ncccc1-c1nc2ccc(-c3ccccc3)nc2n1-c1ccc(CN2CCC(Oc3ccc(O)c(C=O)c3)CC2)cc1. The molecule has 3 N–H and O–H groups in total. The highest BCUT2D eigenvalue weighted by atomic mass is 16.5. The molecule has 6 aromatic rings. The second-order valence-electron chi connectivity index (χ2n) is 11.2. The van der Waals surface area contributed by atoms with Crippen molar-refractivity contribution in [3.63, 3.8) is 0 Å². The van der Waals surface area contributed by atoms with Gasteiger partial charge >= 0.3 is 0 Å². The summed E-state index contributed by atoms with van der Waals surface area (Å²) in [6.45, 7) is 2.62. The number of imidazole rings is 1. The van der Waals surface area contributed by atoms with Crippen LogP contribution in [-0.4, -0.2) is 55.0 Å². The summed E-state index contributed by atoms with van der Waals surface area (Å²) < 4.78 is 8.17. The number of phenolic OH excluding ortho intramolecular Hbond substituents is 1. The lowest BCUT2D eigenvalue weighted by molar-refractivity contribution is 0.0964. The van der Waals surface area contributed by atoms with Crippen molar-refractivity contribution in [2.75, 3.05) is 18.8 Å². The molecule has 1 aliphatic heterocycles. The van der Waals surface area contributed by atoms with Crippen LogP contribution < -0.4 is 10.5 Å². The minimum Gasteiger partial charge on any atom is -0.507 e. The van der Waals surface area contributed by atoms with Gasteiger partial charge in [0.15, 0.2) is 17.8 Å². The average molecular weight is 597 g/mol. The maximum Gasteiger partial charge on any atom is 0.165 e. The van der Waals surface area contributed by atoms with E-state index in [2.05, 4.69) is 50.8 Å². The zero-order valence-electron chi connectivity index (χ0n) is 24.6. The molecule has 0 spiro atoms. The van der Waals surface area contributed by atoms with Crippen molar-refractivity contribution < 1.29 is 14.6 Å². The number of likely N-dealkylation sites (tertiary alicyclic amines) is 1. The van der Waals surface area contributed by atoms with Crippen LogP contribution >= 0.6 is 0 Å². The molecule has 224 valence electrons. The number of nitrogen functional groups attached to an aromatic ring is 1. The highest BCUT2D eigenvalue weighted by Crippen LogP contribution is 2.32. The predicted molar refractivity (Wildman–Crippen MR) is 174 cm³/mol. The third-order valence-electron chi connectivity index (χ3n) is 8.22. The van der Waals surface area contributed by atoms with Crippen molar-refractivity contribution in [3.05, 3.63) is 114 Å². The Morgan fingerprint density at radius 3 is 2.47 bits per heavy atom. The Morgan fingerprint density at radius 1 is 0.911 bits per heavy atom. The molecule has 1 aliphatic rings. The zero-order valence-corrected chi connectivity index (χ0v) is 24.6. The molecule has 1 fully saturated rings. The van der Waals surface area contributed by atoms with Crippen LogP contribution in [-0.2, 0) is 6.54 Å². The van der Waals surface area contributed by atoms with E-state index >= 15 is 0 Å². The molecule has 0 radical (unpaired) electrons. The number of hydrogen-bond donors (Lipinski definition) is 2. The van der Waals surface area contributed by atoms with Gasteiger partial charge in [-0.2, -0.15) is 0 Å². The fourth-order valence-corrected chi connectivity index (χ4v) is 5.85. The van der Waals surface area contributed by atoms with Gasteiger partial charge < -0.3 is 15.6 Å². The van der Waals surface area contributed by atoms with Gasteiger partial charge in [-0.05, 0) is 73.0 Å². The fourth-order valence-electron chi connectivity index (χ4n) is 5.85. The first-order chi connectivity index (χ1) is 22.1. The third-order valence-corrected chi connectivity index (χ3v) is 8.22. The Balaban J connectivity index is 1.11. The number of pyridine rings is 2.